The van der Waals surface area contributed by atoms with E-state index in [2.05, 4.69) is 15.6 Å². The summed E-state index contributed by atoms with van der Waals surface area (Å²) < 4.78 is 45.8. The Morgan fingerprint density at radius 2 is 1.71 bits per heavy atom. The lowest BCUT2D eigenvalue weighted by atomic mass is 9.90. The molecule has 0 saturated heterocycles. The quantitative estimate of drug-likeness (QED) is 0.227. The van der Waals surface area contributed by atoms with Gasteiger partial charge < -0.3 is 15.4 Å². The van der Waals surface area contributed by atoms with Gasteiger partial charge in [0.1, 0.15) is 11.4 Å². The second-order valence-corrected chi connectivity index (χ2v) is 9.94. The molecular weight excluding hydrogens is 519 g/mol. The number of nitrogens with zero attached hydrogens (tertiary/aromatic N) is 1. The Morgan fingerprint density at radius 3 is 2.37 bits per heavy atom. The number of hydrogen-bond acceptors (Lipinski definition) is 5. The summed E-state index contributed by atoms with van der Waals surface area (Å²) >= 11 is 6.09. The average molecular weight is 548 g/mol. The van der Waals surface area contributed by atoms with Gasteiger partial charge in [0, 0.05) is 40.2 Å². The monoisotopic (exact) mass is 547 g/mol. The first-order valence-electron chi connectivity index (χ1n) is 12.6. The van der Waals surface area contributed by atoms with Crippen molar-refractivity contribution in [2.45, 2.75) is 63.7 Å². The van der Waals surface area contributed by atoms with E-state index < -0.39 is 11.9 Å². The van der Waals surface area contributed by atoms with Gasteiger partial charge in [-0.05, 0) is 87.6 Å². The number of benzene rings is 2. The fourth-order valence-corrected chi connectivity index (χ4v) is 4.75. The zero-order valence-electron chi connectivity index (χ0n) is 20.9. The fourth-order valence-electron chi connectivity index (χ4n) is 4.57. The molecule has 38 heavy (non-hydrogen) atoms. The van der Waals surface area contributed by atoms with Crippen molar-refractivity contribution in [3.8, 4) is 5.75 Å². The van der Waals surface area contributed by atoms with Crippen molar-refractivity contribution >= 4 is 39.9 Å². The maximum Gasteiger partial charge on any atom is 0.433 e. The summed E-state index contributed by atoms with van der Waals surface area (Å²) in [5.74, 6) is 0.582. The average Bonchev–Trinajstić information content (AvgIpc) is 2.87. The highest BCUT2D eigenvalue weighted by atomic mass is 35.5. The van der Waals surface area contributed by atoms with Crippen LogP contribution >= 0.6 is 11.6 Å². The number of carbonyl (C=O) groups excluding carboxylic acids is 2. The van der Waals surface area contributed by atoms with E-state index in [0.717, 1.165) is 18.9 Å². The molecule has 0 unspecified atom stereocenters. The first kappa shape index (κ1) is 27.7. The van der Waals surface area contributed by atoms with E-state index in [1.807, 2.05) is 0 Å². The molecule has 0 aliphatic heterocycles. The largest absolute Gasteiger partial charge is 0.494 e. The molecule has 2 N–H and O–H groups in total. The summed E-state index contributed by atoms with van der Waals surface area (Å²) in [4.78, 5) is 27.5. The van der Waals surface area contributed by atoms with Crippen molar-refractivity contribution in [3.05, 3.63) is 64.8 Å². The Kier molecular flexibility index (Phi) is 8.76. The molecule has 0 bridgehead atoms. The van der Waals surface area contributed by atoms with Crippen molar-refractivity contribution in [1.82, 2.24) is 10.3 Å². The minimum atomic E-state index is -4.56. The van der Waals surface area contributed by atoms with Crippen LogP contribution in [0.15, 0.2) is 48.5 Å². The van der Waals surface area contributed by atoms with Gasteiger partial charge in [-0.15, -0.1) is 0 Å². The molecule has 3 aromatic rings. The smallest absolute Gasteiger partial charge is 0.433 e. The predicted octanol–water partition coefficient (Wildman–Crippen LogP) is 6.81. The van der Waals surface area contributed by atoms with Crippen LogP contribution in [-0.2, 0) is 11.0 Å². The molecule has 1 saturated carbocycles. The molecule has 0 atom stereocenters. The lowest BCUT2D eigenvalue weighted by molar-refractivity contribution is -0.140. The lowest BCUT2D eigenvalue weighted by Gasteiger charge is -2.30. The molecular formula is C28H29ClF3N3O3. The second-order valence-electron chi connectivity index (χ2n) is 9.51. The Morgan fingerprint density at radius 1 is 1.03 bits per heavy atom. The molecule has 1 fully saturated rings. The molecule has 1 aliphatic carbocycles. The Bertz CT molecular complexity index is 1290. The molecule has 1 aromatic heterocycles. The van der Waals surface area contributed by atoms with Crippen molar-refractivity contribution in [3.63, 3.8) is 0 Å². The third-order valence-corrected chi connectivity index (χ3v) is 6.83. The molecule has 202 valence electrons. The van der Waals surface area contributed by atoms with Crippen LogP contribution in [0.5, 0.6) is 5.75 Å². The maximum absolute atomic E-state index is 13.4. The number of nitrogens with one attached hydrogen (secondary N) is 2. The van der Waals surface area contributed by atoms with Crippen molar-refractivity contribution in [1.29, 1.82) is 0 Å². The number of carbonyl (C=O) groups is 2. The number of amides is 1. The number of aromatic nitrogens is 1. The van der Waals surface area contributed by atoms with Crippen LogP contribution in [0, 0.1) is 0 Å². The standard InChI is InChI=1S/C28H29ClF3N3O3/c1-17(36)18-4-11-22(12-5-18)38-14-2-3-27(37)34-21-9-7-20(8-10-21)33-25-16-26(28(30,31)32)35-24-13-6-19(29)15-23(24)25/h4-6,11-13,15-16,20-21H,2-3,7-10,14H2,1H3,(H,33,35)(H,34,37)/t20-,21+. The van der Waals surface area contributed by atoms with Gasteiger partial charge in [0.05, 0.1) is 12.1 Å². The van der Waals surface area contributed by atoms with Crippen LogP contribution in [-0.4, -0.2) is 35.4 Å². The first-order valence-corrected chi connectivity index (χ1v) is 12.9. The number of alkyl halides is 3. The van der Waals surface area contributed by atoms with E-state index >= 15 is 0 Å². The number of pyridine rings is 1. The zero-order valence-corrected chi connectivity index (χ0v) is 21.7. The van der Waals surface area contributed by atoms with Crippen molar-refractivity contribution < 1.29 is 27.5 Å². The highest BCUT2D eigenvalue weighted by Crippen LogP contribution is 2.35. The van der Waals surface area contributed by atoms with Gasteiger partial charge in [0.15, 0.2) is 5.78 Å². The van der Waals surface area contributed by atoms with Gasteiger partial charge in [0.25, 0.3) is 0 Å². The lowest BCUT2D eigenvalue weighted by Crippen LogP contribution is -2.40. The van der Waals surface area contributed by atoms with E-state index in [4.69, 9.17) is 16.3 Å². The Balaban J connectivity index is 1.24. The summed E-state index contributed by atoms with van der Waals surface area (Å²) in [5.41, 5.74) is 0.247. The summed E-state index contributed by atoms with van der Waals surface area (Å²) in [6.45, 7) is 1.89. The van der Waals surface area contributed by atoms with Crippen LogP contribution in [0.25, 0.3) is 10.9 Å². The number of Topliss-reactive ketones (excluding diaryl/α,β-unsaturated/α-hetero) is 1. The van der Waals surface area contributed by atoms with Gasteiger partial charge in [-0.3, -0.25) is 9.59 Å². The second kappa shape index (κ2) is 12.0. The van der Waals surface area contributed by atoms with Gasteiger partial charge >= 0.3 is 6.18 Å². The zero-order chi connectivity index (χ0) is 27.3. The number of ketones is 1. The SMILES string of the molecule is CC(=O)c1ccc(OCCCC(=O)N[C@H]2CC[C@@H](Nc3cc(C(F)(F)F)nc4ccc(Cl)cc34)CC2)cc1. The highest BCUT2D eigenvalue weighted by Gasteiger charge is 2.34. The third-order valence-electron chi connectivity index (χ3n) is 6.59. The normalized spacial score (nSPS) is 17.7. The van der Waals surface area contributed by atoms with Gasteiger partial charge in [-0.2, -0.15) is 13.2 Å². The van der Waals surface area contributed by atoms with E-state index in [0.29, 0.717) is 59.7 Å². The van der Waals surface area contributed by atoms with Gasteiger partial charge in [-0.25, -0.2) is 4.98 Å². The molecule has 2 aromatic carbocycles. The fraction of sp³-hybridized carbons (Fsp3) is 0.393. The molecule has 0 spiro atoms. The Hall–Kier alpha value is -3.33. The predicted molar refractivity (Wildman–Crippen MR) is 141 cm³/mol. The summed E-state index contributed by atoms with van der Waals surface area (Å²) in [5, 5.41) is 7.27. The number of ether oxygens (including phenoxy) is 1. The van der Waals surface area contributed by atoms with Crippen LogP contribution in [0.4, 0.5) is 18.9 Å². The van der Waals surface area contributed by atoms with Crippen molar-refractivity contribution in [2.75, 3.05) is 11.9 Å². The number of hydrogen-bond donors (Lipinski definition) is 2. The molecule has 10 heteroatoms. The summed E-state index contributed by atoms with van der Waals surface area (Å²) in [7, 11) is 0. The summed E-state index contributed by atoms with van der Waals surface area (Å²) in [6.07, 6.45) is -0.829. The number of halogens is 4. The van der Waals surface area contributed by atoms with Crippen LogP contribution in [0.1, 0.15) is 61.5 Å². The van der Waals surface area contributed by atoms with Gasteiger partial charge in [-0.1, -0.05) is 11.6 Å². The molecule has 1 heterocycles. The Labute approximate surface area is 223 Å². The van der Waals surface area contributed by atoms with Crippen molar-refractivity contribution in [2.24, 2.45) is 0 Å². The molecule has 4 rings (SSSR count). The van der Waals surface area contributed by atoms with E-state index in [9.17, 15) is 22.8 Å². The highest BCUT2D eigenvalue weighted by molar-refractivity contribution is 6.31. The molecule has 1 aliphatic rings. The molecule has 0 radical (unpaired) electrons. The molecule has 6 nitrogen and oxygen atoms in total. The van der Waals surface area contributed by atoms with E-state index in [1.54, 1.807) is 30.3 Å². The number of anilines is 1. The topological polar surface area (TPSA) is 80.3 Å². The number of rotatable bonds is 9. The van der Waals surface area contributed by atoms with Gasteiger partial charge in [0.2, 0.25) is 5.91 Å². The summed E-state index contributed by atoms with van der Waals surface area (Å²) in [6, 6.07) is 12.5. The first-order chi connectivity index (χ1) is 18.1. The third kappa shape index (κ3) is 7.37. The maximum atomic E-state index is 13.4. The van der Waals surface area contributed by atoms with E-state index in [1.165, 1.54) is 19.1 Å². The minimum Gasteiger partial charge on any atom is -0.494 e. The number of fused-ring (bicyclic) bond motifs is 1. The minimum absolute atomic E-state index is 0.00981. The van der Waals surface area contributed by atoms with Crippen LogP contribution in [0.2, 0.25) is 5.02 Å². The molecule has 1 amide bonds. The van der Waals surface area contributed by atoms with Crippen LogP contribution < -0.4 is 15.4 Å². The van der Waals surface area contributed by atoms with Crippen LogP contribution in [0.3, 0.4) is 0 Å². The van der Waals surface area contributed by atoms with E-state index in [-0.39, 0.29) is 29.3 Å².